The highest BCUT2D eigenvalue weighted by molar-refractivity contribution is 5.70. The van der Waals surface area contributed by atoms with Crippen LogP contribution in [0, 0.1) is 5.82 Å². The first kappa shape index (κ1) is 12.0. The van der Waals surface area contributed by atoms with E-state index in [1.54, 1.807) is 0 Å². The van der Waals surface area contributed by atoms with Crippen molar-refractivity contribution in [3.05, 3.63) is 48.2 Å². The molecule has 0 unspecified atom stereocenters. The van der Waals surface area contributed by atoms with Crippen LogP contribution >= 0.6 is 0 Å². The molecule has 0 saturated carbocycles. The average molecular weight is 248 g/mol. The van der Waals surface area contributed by atoms with Gasteiger partial charge in [0.05, 0.1) is 6.42 Å². The third kappa shape index (κ3) is 3.00. The quantitative estimate of drug-likeness (QED) is 0.896. The van der Waals surface area contributed by atoms with E-state index >= 15 is 0 Å². The number of hydrogen-bond acceptors (Lipinski definition) is 4. The Morgan fingerprint density at radius 2 is 1.89 bits per heavy atom. The topological polar surface area (TPSA) is 72.3 Å². The molecule has 1 aromatic heterocycles. The maximum Gasteiger partial charge on any atom is 0.309 e. The Balaban J connectivity index is 2.23. The number of carboxylic acid groups (broad SMARTS) is 1. The molecular formula is C12H9FN2O3. The van der Waals surface area contributed by atoms with Gasteiger partial charge in [-0.25, -0.2) is 9.37 Å². The molecule has 0 amide bonds. The zero-order valence-electron chi connectivity index (χ0n) is 9.21. The number of aliphatic carboxylic acids is 1. The van der Waals surface area contributed by atoms with Crippen LogP contribution in [0.15, 0.2) is 36.7 Å². The van der Waals surface area contributed by atoms with Crippen molar-refractivity contribution in [2.24, 2.45) is 0 Å². The first-order valence-electron chi connectivity index (χ1n) is 5.10. The number of ether oxygens (including phenoxy) is 1. The van der Waals surface area contributed by atoms with Gasteiger partial charge in [-0.05, 0) is 24.3 Å². The lowest BCUT2D eigenvalue weighted by Crippen LogP contribution is -2.05. The Hall–Kier alpha value is -2.50. The van der Waals surface area contributed by atoms with Crippen LogP contribution in [-0.4, -0.2) is 21.0 Å². The summed E-state index contributed by atoms with van der Waals surface area (Å²) in [5.41, 5.74) is 0.217. The first-order chi connectivity index (χ1) is 8.65. The van der Waals surface area contributed by atoms with Gasteiger partial charge in [0.25, 0.3) is 0 Å². The lowest BCUT2D eigenvalue weighted by molar-refractivity contribution is -0.136. The smallest absolute Gasteiger partial charge is 0.309 e. The zero-order chi connectivity index (χ0) is 13.0. The predicted octanol–water partition coefficient (Wildman–Crippen LogP) is 2.04. The molecule has 0 atom stereocenters. The molecule has 0 aliphatic heterocycles. The third-order valence-corrected chi connectivity index (χ3v) is 2.08. The number of carboxylic acids is 1. The third-order valence-electron chi connectivity index (χ3n) is 2.08. The minimum atomic E-state index is -1.03. The van der Waals surface area contributed by atoms with Crippen molar-refractivity contribution in [3.8, 4) is 11.6 Å². The fraction of sp³-hybridized carbons (Fsp3) is 0.0833. The maximum absolute atomic E-state index is 12.7. The molecule has 0 radical (unpaired) electrons. The molecule has 0 aliphatic rings. The number of rotatable bonds is 4. The van der Waals surface area contributed by atoms with Gasteiger partial charge < -0.3 is 9.84 Å². The number of nitrogens with zero attached hydrogens (tertiary/aromatic N) is 2. The van der Waals surface area contributed by atoms with Crippen LogP contribution in [0.25, 0.3) is 0 Å². The van der Waals surface area contributed by atoms with Crippen LogP contribution in [0.1, 0.15) is 5.69 Å². The molecule has 1 N–H and O–H groups in total. The van der Waals surface area contributed by atoms with Gasteiger partial charge in [-0.2, -0.15) is 0 Å². The van der Waals surface area contributed by atoms with E-state index in [0.29, 0.717) is 5.75 Å². The second-order valence-electron chi connectivity index (χ2n) is 3.43. The first-order valence-corrected chi connectivity index (χ1v) is 5.10. The Morgan fingerprint density at radius 3 is 2.56 bits per heavy atom. The summed E-state index contributed by atoms with van der Waals surface area (Å²) in [5.74, 6) is -0.943. The number of benzene rings is 1. The predicted molar refractivity (Wildman–Crippen MR) is 59.8 cm³/mol. The van der Waals surface area contributed by atoms with E-state index in [1.807, 2.05) is 0 Å². The summed E-state index contributed by atoms with van der Waals surface area (Å²) in [5, 5.41) is 8.72. The number of hydrogen-bond donors (Lipinski definition) is 1. The van der Waals surface area contributed by atoms with Gasteiger partial charge in [-0.15, -0.1) is 0 Å². The van der Waals surface area contributed by atoms with E-state index in [0.717, 1.165) is 0 Å². The summed E-state index contributed by atoms with van der Waals surface area (Å²) in [4.78, 5) is 18.4. The summed E-state index contributed by atoms with van der Waals surface area (Å²) in [6.45, 7) is 0. The van der Waals surface area contributed by atoms with Crippen LogP contribution < -0.4 is 4.74 Å². The van der Waals surface area contributed by atoms with E-state index in [1.165, 1.54) is 36.7 Å². The van der Waals surface area contributed by atoms with Crippen molar-refractivity contribution in [3.63, 3.8) is 0 Å². The monoisotopic (exact) mass is 248 g/mol. The zero-order valence-corrected chi connectivity index (χ0v) is 9.21. The normalized spacial score (nSPS) is 10.1. The Kier molecular flexibility index (Phi) is 3.47. The molecular weight excluding hydrogens is 239 g/mol. The van der Waals surface area contributed by atoms with Crippen LogP contribution in [0.2, 0.25) is 0 Å². The Labute approximate surface area is 102 Å². The van der Waals surface area contributed by atoms with Crippen molar-refractivity contribution in [2.75, 3.05) is 0 Å². The highest BCUT2D eigenvalue weighted by Crippen LogP contribution is 2.21. The molecule has 1 heterocycles. The summed E-state index contributed by atoms with van der Waals surface area (Å²) in [6, 6.07) is 5.33. The van der Waals surface area contributed by atoms with Crippen molar-refractivity contribution < 1.29 is 19.0 Å². The number of aromatic nitrogens is 2. The molecule has 0 fully saturated rings. The van der Waals surface area contributed by atoms with Crippen LogP contribution in [-0.2, 0) is 11.2 Å². The van der Waals surface area contributed by atoms with Crippen molar-refractivity contribution in [1.82, 2.24) is 9.97 Å². The van der Waals surface area contributed by atoms with E-state index < -0.39 is 5.97 Å². The maximum atomic E-state index is 12.7. The molecule has 0 saturated heterocycles. The largest absolute Gasteiger partial charge is 0.481 e. The van der Waals surface area contributed by atoms with Gasteiger partial charge >= 0.3 is 5.97 Å². The second kappa shape index (κ2) is 5.22. The molecule has 2 rings (SSSR count). The Bertz CT molecular complexity index is 558. The fourth-order valence-electron chi connectivity index (χ4n) is 1.32. The van der Waals surface area contributed by atoms with Crippen molar-refractivity contribution >= 4 is 5.97 Å². The van der Waals surface area contributed by atoms with Gasteiger partial charge in [0.1, 0.15) is 17.3 Å². The summed E-state index contributed by atoms with van der Waals surface area (Å²) >= 11 is 0. The molecule has 6 heteroatoms. The standard InChI is InChI=1S/C12H9FN2O3/c13-8-1-3-9(4-2-8)18-12-10(7-11(16)17)14-5-6-15-12/h1-6H,7H2,(H,16,17). The van der Waals surface area contributed by atoms with Crippen LogP contribution in [0.3, 0.4) is 0 Å². The number of halogens is 1. The van der Waals surface area contributed by atoms with Crippen molar-refractivity contribution in [2.45, 2.75) is 6.42 Å². The van der Waals surface area contributed by atoms with Gasteiger partial charge in [-0.1, -0.05) is 0 Å². The summed E-state index contributed by atoms with van der Waals surface area (Å²) in [6.07, 6.45) is 2.49. The summed E-state index contributed by atoms with van der Waals surface area (Å²) < 4.78 is 18.1. The van der Waals surface area contributed by atoms with E-state index in [-0.39, 0.29) is 23.8 Å². The minimum absolute atomic E-state index is 0.103. The van der Waals surface area contributed by atoms with Crippen LogP contribution in [0.5, 0.6) is 11.6 Å². The summed E-state index contributed by atoms with van der Waals surface area (Å²) in [7, 11) is 0. The second-order valence-corrected chi connectivity index (χ2v) is 3.43. The van der Waals surface area contributed by atoms with Gasteiger partial charge in [0.2, 0.25) is 5.88 Å². The highest BCUT2D eigenvalue weighted by Gasteiger charge is 2.11. The highest BCUT2D eigenvalue weighted by atomic mass is 19.1. The molecule has 0 bridgehead atoms. The lowest BCUT2D eigenvalue weighted by atomic mass is 10.3. The van der Waals surface area contributed by atoms with Gasteiger partial charge in [0.15, 0.2) is 0 Å². The molecule has 5 nitrogen and oxygen atoms in total. The number of carbonyl (C=O) groups is 1. The SMILES string of the molecule is O=C(O)Cc1nccnc1Oc1ccc(F)cc1. The molecule has 2 aromatic rings. The molecule has 1 aromatic carbocycles. The Morgan fingerprint density at radius 1 is 1.22 bits per heavy atom. The van der Waals surface area contributed by atoms with Crippen molar-refractivity contribution in [1.29, 1.82) is 0 Å². The van der Waals surface area contributed by atoms with Gasteiger partial charge in [0, 0.05) is 12.4 Å². The van der Waals surface area contributed by atoms with Gasteiger partial charge in [-0.3, -0.25) is 9.78 Å². The average Bonchev–Trinajstić information content (AvgIpc) is 2.34. The molecule has 0 spiro atoms. The van der Waals surface area contributed by atoms with E-state index in [4.69, 9.17) is 9.84 Å². The van der Waals surface area contributed by atoms with E-state index in [9.17, 15) is 9.18 Å². The van der Waals surface area contributed by atoms with E-state index in [2.05, 4.69) is 9.97 Å². The molecule has 18 heavy (non-hydrogen) atoms. The van der Waals surface area contributed by atoms with Crippen LogP contribution in [0.4, 0.5) is 4.39 Å². The molecule has 0 aliphatic carbocycles. The lowest BCUT2D eigenvalue weighted by Gasteiger charge is -2.07. The minimum Gasteiger partial charge on any atom is -0.481 e. The molecule has 92 valence electrons. The fourth-order valence-corrected chi connectivity index (χ4v) is 1.32.